The van der Waals surface area contributed by atoms with Gasteiger partial charge in [-0.1, -0.05) is 51.5 Å². The van der Waals surface area contributed by atoms with Crippen LogP contribution in [0, 0.1) is 11.8 Å². The summed E-state index contributed by atoms with van der Waals surface area (Å²) in [5, 5.41) is 3.23. The first-order chi connectivity index (χ1) is 15.3. The van der Waals surface area contributed by atoms with Crippen LogP contribution in [0.15, 0.2) is 53.7 Å². The SMILES string of the molecule is CCCCc1ccc(C(NC(=O)C2CCN(S(=O)(=O)c3cccnc3)CC2)C(C)C)cc1. The molecule has 1 fully saturated rings. The van der Waals surface area contributed by atoms with Crippen molar-refractivity contribution in [1.29, 1.82) is 0 Å². The van der Waals surface area contributed by atoms with Gasteiger partial charge in [0.1, 0.15) is 4.90 Å². The molecule has 2 heterocycles. The second-order valence-electron chi connectivity index (χ2n) is 8.94. The van der Waals surface area contributed by atoms with Crippen LogP contribution in [0.1, 0.15) is 63.6 Å². The Kier molecular flexibility index (Phi) is 8.43. The van der Waals surface area contributed by atoms with Crippen LogP contribution in [0.25, 0.3) is 0 Å². The van der Waals surface area contributed by atoms with E-state index in [2.05, 4.69) is 55.3 Å². The highest BCUT2D eigenvalue weighted by molar-refractivity contribution is 7.89. The molecule has 1 aliphatic rings. The lowest BCUT2D eigenvalue weighted by atomic mass is 9.92. The lowest BCUT2D eigenvalue weighted by Gasteiger charge is -2.32. The Balaban J connectivity index is 1.60. The van der Waals surface area contributed by atoms with Gasteiger partial charge in [0.15, 0.2) is 0 Å². The molecule has 1 unspecified atom stereocenters. The number of benzene rings is 1. The summed E-state index contributed by atoms with van der Waals surface area (Å²) in [6, 6.07) is 11.7. The van der Waals surface area contributed by atoms with E-state index < -0.39 is 10.0 Å². The van der Waals surface area contributed by atoms with Crippen LogP contribution in [-0.2, 0) is 21.2 Å². The van der Waals surface area contributed by atoms with Gasteiger partial charge in [-0.05, 0) is 54.9 Å². The van der Waals surface area contributed by atoms with Crippen LogP contribution in [0.2, 0.25) is 0 Å². The Morgan fingerprint density at radius 1 is 1.16 bits per heavy atom. The second kappa shape index (κ2) is 11.1. The van der Waals surface area contributed by atoms with Crippen molar-refractivity contribution in [2.45, 2.75) is 63.8 Å². The third-order valence-corrected chi connectivity index (χ3v) is 8.10. The van der Waals surface area contributed by atoms with E-state index in [0.717, 1.165) is 12.0 Å². The van der Waals surface area contributed by atoms with Gasteiger partial charge in [0.05, 0.1) is 6.04 Å². The standard InChI is InChI=1S/C25H35N3O3S/c1-4-5-7-20-9-11-21(12-10-20)24(19(2)3)27-25(29)22-13-16-28(17-14-22)32(30,31)23-8-6-15-26-18-23/h6,8-12,15,18-19,22,24H,4-5,7,13-14,16-17H2,1-3H3,(H,27,29). The average molecular weight is 458 g/mol. The molecule has 0 aliphatic carbocycles. The van der Waals surface area contributed by atoms with Gasteiger partial charge >= 0.3 is 0 Å². The molecule has 1 atom stereocenters. The van der Waals surface area contributed by atoms with E-state index in [1.54, 1.807) is 18.3 Å². The minimum atomic E-state index is -3.56. The first-order valence-corrected chi connectivity index (χ1v) is 13.1. The van der Waals surface area contributed by atoms with Gasteiger partial charge in [-0.15, -0.1) is 0 Å². The smallest absolute Gasteiger partial charge is 0.244 e. The molecule has 1 amide bonds. The number of piperidine rings is 1. The number of carbonyl (C=O) groups excluding carboxylic acids is 1. The van der Waals surface area contributed by atoms with Crippen molar-refractivity contribution >= 4 is 15.9 Å². The molecule has 1 aromatic carbocycles. The monoisotopic (exact) mass is 457 g/mol. The van der Waals surface area contributed by atoms with Gasteiger partial charge in [-0.2, -0.15) is 4.31 Å². The van der Waals surface area contributed by atoms with Crippen LogP contribution in [0.4, 0.5) is 0 Å². The molecule has 174 valence electrons. The van der Waals surface area contributed by atoms with E-state index in [9.17, 15) is 13.2 Å². The van der Waals surface area contributed by atoms with Gasteiger partial charge in [0.25, 0.3) is 0 Å². The Labute approximate surface area is 192 Å². The van der Waals surface area contributed by atoms with Crippen molar-refractivity contribution in [3.05, 3.63) is 59.9 Å². The predicted octanol–water partition coefficient (Wildman–Crippen LogP) is 4.34. The Morgan fingerprint density at radius 2 is 1.84 bits per heavy atom. The minimum Gasteiger partial charge on any atom is -0.349 e. The van der Waals surface area contributed by atoms with Crippen molar-refractivity contribution in [2.24, 2.45) is 11.8 Å². The number of rotatable bonds is 9. The van der Waals surface area contributed by atoms with Crippen molar-refractivity contribution in [1.82, 2.24) is 14.6 Å². The summed E-state index contributed by atoms with van der Waals surface area (Å²) < 4.78 is 27.1. The predicted molar refractivity (Wildman–Crippen MR) is 126 cm³/mol. The summed E-state index contributed by atoms with van der Waals surface area (Å²) in [5.74, 6) is 0.0871. The normalized spacial score (nSPS) is 16.8. The molecule has 32 heavy (non-hydrogen) atoms. The highest BCUT2D eigenvalue weighted by Crippen LogP contribution is 2.27. The third kappa shape index (κ3) is 5.95. The number of nitrogens with one attached hydrogen (secondary N) is 1. The molecule has 6 nitrogen and oxygen atoms in total. The number of unbranched alkanes of at least 4 members (excludes halogenated alkanes) is 1. The molecule has 1 aliphatic heterocycles. The number of sulfonamides is 1. The lowest BCUT2D eigenvalue weighted by Crippen LogP contribution is -2.44. The van der Waals surface area contributed by atoms with Crippen molar-refractivity contribution in [3.63, 3.8) is 0 Å². The Bertz CT molecular complexity index is 967. The van der Waals surface area contributed by atoms with Gasteiger partial charge in [-0.25, -0.2) is 8.42 Å². The second-order valence-corrected chi connectivity index (χ2v) is 10.9. The largest absolute Gasteiger partial charge is 0.349 e. The first kappa shape index (κ1) is 24.4. The highest BCUT2D eigenvalue weighted by atomic mass is 32.2. The molecular weight excluding hydrogens is 422 g/mol. The van der Waals surface area contributed by atoms with E-state index in [-0.39, 0.29) is 28.7 Å². The van der Waals surface area contributed by atoms with E-state index in [1.807, 2.05) is 0 Å². The first-order valence-electron chi connectivity index (χ1n) is 11.6. The fraction of sp³-hybridized carbons (Fsp3) is 0.520. The summed E-state index contributed by atoms with van der Waals surface area (Å²) in [6.07, 6.45) is 7.40. The van der Waals surface area contributed by atoms with Crippen molar-refractivity contribution in [2.75, 3.05) is 13.1 Å². The van der Waals surface area contributed by atoms with Crippen LogP contribution in [-0.4, -0.2) is 36.7 Å². The molecule has 1 saturated heterocycles. The maximum atomic E-state index is 13.0. The number of aromatic nitrogens is 1. The van der Waals surface area contributed by atoms with Gasteiger partial charge in [0.2, 0.25) is 15.9 Å². The number of aryl methyl sites for hydroxylation is 1. The number of hydrogen-bond acceptors (Lipinski definition) is 4. The van der Waals surface area contributed by atoms with Crippen molar-refractivity contribution < 1.29 is 13.2 Å². The van der Waals surface area contributed by atoms with E-state index in [0.29, 0.717) is 25.9 Å². The maximum absolute atomic E-state index is 13.0. The molecule has 1 N–H and O–H groups in total. The summed E-state index contributed by atoms with van der Waals surface area (Å²) in [7, 11) is -3.56. The zero-order valence-corrected chi connectivity index (χ0v) is 20.1. The van der Waals surface area contributed by atoms with Crippen LogP contribution in [0.3, 0.4) is 0 Å². The molecule has 0 saturated carbocycles. The quantitative estimate of drug-likeness (QED) is 0.608. The molecule has 2 aromatic rings. The number of nitrogens with zero attached hydrogens (tertiary/aromatic N) is 2. The zero-order valence-electron chi connectivity index (χ0n) is 19.3. The molecule has 7 heteroatoms. The molecule has 0 bridgehead atoms. The summed E-state index contributed by atoms with van der Waals surface area (Å²) >= 11 is 0. The van der Waals surface area contributed by atoms with Crippen LogP contribution >= 0.6 is 0 Å². The molecule has 1 aromatic heterocycles. The van der Waals surface area contributed by atoms with Crippen LogP contribution in [0.5, 0.6) is 0 Å². The summed E-state index contributed by atoms with van der Waals surface area (Å²) in [4.78, 5) is 17.1. The van der Waals surface area contributed by atoms with Gasteiger partial charge in [-0.3, -0.25) is 9.78 Å². The van der Waals surface area contributed by atoms with E-state index in [1.165, 1.54) is 28.9 Å². The molecule has 3 rings (SSSR count). The van der Waals surface area contributed by atoms with Crippen LogP contribution < -0.4 is 5.32 Å². The van der Waals surface area contributed by atoms with Gasteiger partial charge < -0.3 is 5.32 Å². The lowest BCUT2D eigenvalue weighted by molar-refractivity contribution is -0.127. The topological polar surface area (TPSA) is 79.4 Å². The highest BCUT2D eigenvalue weighted by Gasteiger charge is 2.33. The number of carbonyl (C=O) groups is 1. The van der Waals surface area contributed by atoms with Gasteiger partial charge in [0, 0.05) is 31.4 Å². The fourth-order valence-corrected chi connectivity index (χ4v) is 5.62. The molecular formula is C25H35N3O3S. The molecule has 0 radical (unpaired) electrons. The molecule has 0 spiro atoms. The number of hydrogen-bond donors (Lipinski definition) is 1. The minimum absolute atomic E-state index is 0.0113. The van der Waals surface area contributed by atoms with E-state index in [4.69, 9.17) is 0 Å². The van der Waals surface area contributed by atoms with Crippen molar-refractivity contribution in [3.8, 4) is 0 Å². The summed E-state index contributed by atoms with van der Waals surface area (Å²) in [6.45, 7) is 7.09. The summed E-state index contributed by atoms with van der Waals surface area (Å²) in [5.41, 5.74) is 2.44. The fourth-order valence-electron chi connectivity index (χ4n) is 4.19. The Morgan fingerprint density at radius 3 is 2.41 bits per heavy atom. The average Bonchev–Trinajstić information content (AvgIpc) is 2.82. The van der Waals surface area contributed by atoms with E-state index >= 15 is 0 Å². The Hall–Kier alpha value is -2.25. The number of amides is 1. The number of pyridine rings is 1. The zero-order chi connectivity index (χ0) is 23.1. The maximum Gasteiger partial charge on any atom is 0.244 e. The third-order valence-electron chi connectivity index (χ3n) is 6.22.